The van der Waals surface area contributed by atoms with Crippen LogP contribution in [0.15, 0.2) is 34.8 Å². The SMILES string of the molecule is CCc1c(OC)ccc2cc(Br)ccc12. The molecule has 0 atom stereocenters. The average molecular weight is 265 g/mol. The number of rotatable bonds is 2. The van der Waals surface area contributed by atoms with E-state index in [0.717, 1.165) is 16.6 Å². The molecule has 78 valence electrons. The molecule has 2 aromatic carbocycles. The third-order valence-corrected chi connectivity index (χ3v) is 3.12. The molecule has 0 N–H and O–H groups in total. The zero-order valence-corrected chi connectivity index (χ0v) is 10.5. The molecular formula is C13H13BrO. The van der Waals surface area contributed by atoms with Gasteiger partial charge in [-0.2, -0.15) is 0 Å². The molecular weight excluding hydrogens is 252 g/mol. The van der Waals surface area contributed by atoms with Crippen molar-refractivity contribution in [3.63, 3.8) is 0 Å². The van der Waals surface area contributed by atoms with Crippen LogP contribution in [-0.4, -0.2) is 7.11 Å². The number of methoxy groups -OCH3 is 1. The molecule has 0 amide bonds. The van der Waals surface area contributed by atoms with Gasteiger partial charge >= 0.3 is 0 Å². The van der Waals surface area contributed by atoms with Gasteiger partial charge in [0, 0.05) is 10.0 Å². The van der Waals surface area contributed by atoms with E-state index >= 15 is 0 Å². The molecule has 1 nitrogen and oxygen atoms in total. The summed E-state index contributed by atoms with van der Waals surface area (Å²) >= 11 is 3.48. The Hall–Kier alpha value is -1.02. The van der Waals surface area contributed by atoms with Crippen LogP contribution in [0.5, 0.6) is 5.75 Å². The van der Waals surface area contributed by atoms with Crippen LogP contribution in [0.2, 0.25) is 0 Å². The fraction of sp³-hybridized carbons (Fsp3) is 0.231. The van der Waals surface area contributed by atoms with Crippen LogP contribution in [0.4, 0.5) is 0 Å². The molecule has 0 unspecified atom stereocenters. The first kappa shape index (κ1) is 10.5. The Bertz CT molecular complexity index is 491. The highest BCUT2D eigenvalue weighted by atomic mass is 79.9. The molecule has 0 aliphatic carbocycles. The Balaban J connectivity index is 2.76. The van der Waals surface area contributed by atoms with Crippen molar-refractivity contribution in [1.29, 1.82) is 0 Å². The number of hydrogen-bond donors (Lipinski definition) is 0. The molecule has 15 heavy (non-hydrogen) atoms. The van der Waals surface area contributed by atoms with Crippen molar-refractivity contribution in [2.45, 2.75) is 13.3 Å². The highest BCUT2D eigenvalue weighted by molar-refractivity contribution is 9.10. The Morgan fingerprint density at radius 1 is 1.20 bits per heavy atom. The largest absolute Gasteiger partial charge is 0.496 e. The second kappa shape index (κ2) is 4.23. The van der Waals surface area contributed by atoms with Gasteiger partial charge in [0.05, 0.1) is 7.11 Å². The van der Waals surface area contributed by atoms with Gasteiger partial charge < -0.3 is 4.74 Å². The second-order valence-electron chi connectivity index (χ2n) is 3.47. The van der Waals surface area contributed by atoms with Crippen LogP contribution in [-0.2, 0) is 6.42 Å². The number of fused-ring (bicyclic) bond motifs is 1. The lowest BCUT2D eigenvalue weighted by Gasteiger charge is -2.10. The zero-order chi connectivity index (χ0) is 10.8. The smallest absolute Gasteiger partial charge is 0.122 e. The van der Waals surface area contributed by atoms with Gasteiger partial charge in [-0.1, -0.05) is 35.0 Å². The maximum atomic E-state index is 5.36. The van der Waals surface area contributed by atoms with Crippen molar-refractivity contribution in [2.75, 3.05) is 7.11 Å². The average Bonchev–Trinajstić information content (AvgIpc) is 2.27. The molecule has 2 heteroatoms. The van der Waals surface area contributed by atoms with Crippen LogP contribution < -0.4 is 4.74 Å². The summed E-state index contributed by atoms with van der Waals surface area (Å²) in [7, 11) is 1.72. The first-order chi connectivity index (χ1) is 7.26. The summed E-state index contributed by atoms with van der Waals surface area (Å²) in [5, 5.41) is 2.53. The number of ether oxygens (including phenoxy) is 1. The Labute approximate surface area is 98.2 Å². The van der Waals surface area contributed by atoms with E-state index in [1.165, 1.54) is 16.3 Å². The van der Waals surface area contributed by atoms with Gasteiger partial charge in [0.2, 0.25) is 0 Å². The van der Waals surface area contributed by atoms with Gasteiger partial charge in [-0.3, -0.25) is 0 Å². The number of benzene rings is 2. The molecule has 0 saturated carbocycles. The van der Waals surface area contributed by atoms with E-state index in [1.807, 2.05) is 6.07 Å². The molecule has 0 aromatic heterocycles. The Morgan fingerprint density at radius 2 is 2.00 bits per heavy atom. The van der Waals surface area contributed by atoms with Gasteiger partial charge in [0.1, 0.15) is 5.75 Å². The second-order valence-corrected chi connectivity index (χ2v) is 4.38. The Morgan fingerprint density at radius 3 is 2.67 bits per heavy atom. The monoisotopic (exact) mass is 264 g/mol. The first-order valence-electron chi connectivity index (χ1n) is 5.01. The maximum Gasteiger partial charge on any atom is 0.122 e. The van der Waals surface area contributed by atoms with Crippen LogP contribution in [0.1, 0.15) is 12.5 Å². The summed E-state index contributed by atoms with van der Waals surface area (Å²) in [6.45, 7) is 2.15. The maximum absolute atomic E-state index is 5.36. The molecule has 2 rings (SSSR count). The summed E-state index contributed by atoms with van der Waals surface area (Å²) < 4.78 is 6.48. The van der Waals surface area contributed by atoms with Gasteiger partial charge in [-0.15, -0.1) is 0 Å². The van der Waals surface area contributed by atoms with Gasteiger partial charge in [-0.25, -0.2) is 0 Å². The summed E-state index contributed by atoms with van der Waals surface area (Å²) in [4.78, 5) is 0. The van der Waals surface area contributed by atoms with E-state index in [0.29, 0.717) is 0 Å². The van der Waals surface area contributed by atoms with E-state index in [-0.39, 0.29) is 0 Å². The molecule has 0 spiro atoms. The molecule has 0 radical (unpaired) electrons. The predicted molar refractivity (Wildman–Crippen MR) is 67.6 cm³/mol. The van der Waals surface area contributed by atoms with Crippen LogP contribution in [0.3, 0.4) is 0 Å². The highest BCUT2D eigenvalue weighted by Gasteiger charge is 2.06. The summed E-state index contributed by atoms with van der Waals surface area (Å²) in [5.41, 5.74) is 1.28. The van der Waals surface area contributed by atoms with Gasteiger partial charge in [-0.05, 0) is 35.4 Å². The van der Waals surface area contributed by atoms with Crippen LogP contribution >= 0.6 is 15.9 Å². The quantitative estimate of drug-likeness (QED) is 0.791. The molecule has 0 aliphatic heterocycles. The normalized spacial score (nSPS) is 10.6. The number of aryl methyl sites for hydroxylation is 1. The third-order valence-electron chi connectivity index (χ3n) is 2.62. The predicted octanol–water partition coefficient (Wildman–Crippen LogP) is 4.17. The molecule has 0 aliphatic rings. The lowest BCUT2D eigenvalue weighted by Crippen LogP contribution is -1.91. The fourth-order valence-electron chi connectivity index (χ4n) is 1.90. The Kier molecular flexibility index (Phi) is 2.96. The summed E-state index contributed by atoms with van der Waals surface area (Å²) in [6.07, 6.45) is 0.988. The molecule has 0 heterocycles. The van der Waals surface area contributed by atoms with Crippen molar-refractivity contribution in [3.8, 4) is 5.75 Å². The topological polar surface area (TPSA) is 9.23 Å². The third kappa shape index (κ3) is 1.86. The van der Waals surface area contributed by atoms with Crippen molar-refractivity contribution in [3.05, 3.63) is 40.4 Å². The van der Waals surface area contributed by atoms with E-state index in [9.17, 15) is 0 Å². The molecule has 0 bridgehead atoms. The lowest BCUT2D eigenvalue weighted by molar-refractivity contribution is 0.411. The van der Waals surface area contributed by atoms with Crippen LogP contribution in [0.25, 0.3) is 10.8 Å². The van der Waals surface area contributed by atoms with E-state index in [2.05, 4.69) is 47.1 Å². The standard InChI is InChI=1S/C13H13BrO/c1-3-11-12-6-5-10(14)8-9(12)4-7-13(11)15-2/h4-8H,3H2,1-2H3. The van der Waals surface area contributed by atoms with E-state index < -0.39 is 0 Å². The number of hydrogen-bond acceptors (Lipinski definition) is 1. The molecule has 0 fully saturated rings. The first-order valence-corrected chi connectivity index (χ1v) is 5.80. The van der Waals surface area contributed by atoms with Crippen molar-refractivity contribution < 1.29 is 4.74 Å². The lowest BCUT2D eigenvalue weighted by atomic mass is 10.0. The summed E-state index contributed by atoms with van der Waals surface area (Å²) in [5.74, 6) is 0.979. The van der Waals surface area contributed by atoms with Gasteiger partial charge in [0.15, 0.2) is 0 Å². The van der Waals surface area contributed by atoms with Gasteiger partial charge in [0.25, 0.3) is 0 Å². The fourth-order valence-corrected chi connectivity index (χ4v) is 2.28. The summed E-state index contributed by atoms with van der Waals surface area (Å²) in [6, 6.07) is 10.5. The minimum atomic E-state index is 0.979. The van der Waals surface area contributed by atoms with Crippen molar-refractivity contribution in [2.24, 2.45) is 0 Å². The van der Waals surface area contributed by atoms with Crippen LogP contribution in [0, 0.1) is 0 Å². The van der Waals surface area contributed by atoms with E-state index in [1.54, 1.807) is 7.11 Å². The van der Waals surface area contributed by atoms with Crippen molar-refractivity contribution >= 4 is 26.7 Å². The minimum absolute atomic E-state index is 0.979. The minimum Gasteiger partial charge on any atom is -0.496 e. The molecule has 2 aromatic rings. The number of halogens is 1. The highest BCUT2D eigenvalue weighted by Crippen LogP contribution is 2.30. The van der Waals surface area contributed by atoms with E-state index in [4.69, 9.17) is 4.74 Å². The molecule has 0 saturated heterocycles. The zero-order valence-electron chi connectivity index (χ0n) is 8.88. The van der Waals surface area contributed by atoms with Crippen molar-refractivity contribution in [1.82, 2.24) is 0 Å².